The van der Waals surface area contributed by atoms with Gasteiger partial charge in [0.15, 0.2) is 0 Å². The second kappa shape index (κ2) is 39.2. The zero-order chi connectivity index (χ0) is 48.6. The van der Waals surface area contributed by atoms with Crippen molar-refractivity contribution in [2.75, 3.05) is 79.1 Å². The van der Waals surface area contributed by atoms with Crippen LogP contribution in [0.3, 0.4) is 0 Å². The third-order valence-electron chi connectivity index (χ3n) is 9.95. The van der Waals surface area contributed by atoms with Gasteiger partial charge < -0.3 is 58.6 Å². The van der Waals surface area contributed by atoms with E-state index in [1.54, 1.807) is 0 Å². The van der Waals surface area contributed by atoms with Gasteiger partial charge in [-0.2, -0.15) is 0 Å². The summed E-state index contributed by atoms with van der Waals surface area (Å²) in [7, 11) is 0. The van der Waals surface area contributed by atoms with Crippen molar-refractivity contribution < 1.29 is 71.4 Å². The molecule has 6 heterocycles. The fourth-order valence-electron chi connectivity index (χ4n) is 6.31. The SMILES string of the molecule is C=CC(=O)NCC1CCCO1.C=CC(=O)NCC1CCCO1.C=CC(=O)NCC1CCCO1.C=CC(=O)OCC1CCCO1.C=CC(=O)OCC1CCCO1.C=CC(=O)OCC1CCCO1. The molecule has 6 atom stereocenters. The molecule has 6 saturated heterocycles. The van der Waals surface area contributed by atoms with Crippen LogP contribution in [0.15, 0.2) is 75.9 Å². The number of hydrogen-bond donors (Lipinski definition) is 3. The molecule has 18 nitrogen and oxygen atoms in total. The molecule has 18 heteroatoms. The van der Waals surface area contributed by atoms with Crippen molar-refractivity contribution in [2.45, 2.75) is 114 Å². The zero-order valence-corrected chi connectivity index (χ0v) is 38.8. The molecule has 0 spiro atoms. The maximum Gasteiger partial charge on any atom is 0.330 e. The first-order valence-electron chi connectivity index (χ1n) is 22.7. The summed E-state index contributed by atoms with van der Waals surface area (Å²) in [5, 5.41) is 8.08. The minimum absolute atomic E-state index is 0.110. The van der Waals surface area contributed by atoms with Gasteiger partial charge >= 0.3 is 17.9 Å². The van der Waals surface area contributed by atoms with E-state index in [2.05, 4.69) is 55.4 Å². The lowest BCUT2D eigenvalue weighted by Crippen LogP contribution is -2.30. The molecule has 0 radical (unpaired) electrons. The highest BCUT2D eigenvalue weighted by atomic mass is 16.6. The number of carbonyl (C=O) groups is 6. The number of rotatable bonds is 18. The van der Waals surface area contributed by atoms with Crippen LogP contribution in [0.2, 0.25) is 0 Å². The summed E-state index contributed by atoms with van der Waals surface area (Å²) in [5.41, 5.74) is 0. The summed E-state index contributed by atoms with van der Waals surface area (Å²) in [6.45, 7) is 27.7. The Morgan fingerprint density at radius 3 is 0.742 bits per heavy atom. The molecule has 3 N–H and O–H groups in total. The van der Waals surface area contributed by atoms with Crippen molar-refractivity contribution >= 4 is 35.6 Å². The monoisotopic (exact) mass is 934 g/mol. The fraction of sp³-hybridized carbons (Fsp3) is 0.625. The average Bonchev–Trinajstić information content (AvgIpc) is 4.21. The van der Waals surface area contributed by atoms with Gasteiger partial charge in [0, 0.05) is 77.5 Å². The predicted molar refractivity (Wildman–Crippen MR) is 247 cm³/mol. The molecule has 0 aromatic carbocycles. The molecular formula is C48H75N3O15. The number of hydrogen-bond acceptors (Lipinski definition) is 15. The Bertz CT molecular complexity index is 1180. The molecule has 0 saturated carbocycles. The average molecular weight is 934 g/mol. The molecule has 0 bridgehead atoms. The lowest BCUT2D eigenvalue weighted by atomic mass is 10.2. The fourth-order valence-corrected chi connectivity index (χ4v) is 6.31. The van der Waals surface area contributed by atoms with Gasteiger partial charge in [0.05, 0.1) is 36.6 Å². The summed E-state index contributed by atoms with van der Waals surface area (Å²) in [6, 6.07) is 0. The third kappa shape index (κ3) is 31.8. The van der Waals surface area contributed by atoms with Crippen molar-refractivity contribution in [1.29, 1.82) is 0 Å². The van der Waals surface area contributed by atoms with Crippen LogP contribution in [-0.2, 0) is 71.4 Å². The first kappa shape index (κ1) is 59.0. The molecule has 6 aliphatic heterocycles. The predicted octanol–water partition coefficient (Wildman–Crippen LogP) is 4.09. The smallest absolute Gasteiger partial charge is 0.330 e. The highest BCUT2D eigenvalue weighted by Gasteiger charge is 2.19. The molecule has 3 amide bonds. The van der Waals surface area contributed by atoms with Crippen molar-refractivity contribution in [3.8, 4) is 0 Å². The molecule has 372 valence electrons. The van der Waals surface area contributed by atoms with Crippen molar-refractivity contribution in [3.05, 3.63) is 75.9 Å². The minimum Gasteiger partial charge on any atom is -0.460 e. The molecule has 6 rings (SSSR count). The standard InChI is InChI=1S/3C8H13NO2.3C8H12O3/c3*1-2-8(10)9-6-7-4-3-5-11-7;3*1-2-8(9)11-6-7-4-3-5-10-7/h3*2,7H,1,3-6H2,(H,9,10);3*2,7H,1,3-6H2. The maximum absolute atomic E-state index is 10.7. The Kier molecular flexibility index (Phi) is 35.1. The van der Waals surface area contributed by atoms with Crippen molar-refractivity contribution in [1.82, 2.24) is 16.0 Å². The molecule has 0 aromatic heterocycles. The van der Waals surface area contributed by atoms with E-state index in [-0.39, 0.29) is 72.3 Å². The highest BCUT2D eigenvalue weighted by Crippen LogP contribution is 2.14. The molecular weight excluding hydrogens is 859 g/mol. The quantitative estimate of drug-likeness (QED) is 0.100. The van der Waals surface area contributed by atoms with Gasteiger partial charge in [-0.15, -0.1) is 0 Å². The normalized spacial score (nSPS) is 23.1. The Morgan fingerprint density at radius 2 is 0.576 bits per heavy atom. The van der Waals surface area contributed by atoms with Gasteiger partial charge in [-0.1, -0.05) is 39.5 Å². The van der Waals surface area contributed by atoms with Gasteiger partial charge in [-0.3, -0.25) is 14.4 Å². The largest absolute Gasteiger partial charge is 0.460 e. The van der Waals surface area contributed by atoms with Gasteiger partial charge in [-0.25, -0.2) is 14.4 Å². The first-order chi connectivity index (χ1) is 32.0. The third-order valence-corrected chi connectivity index (χ3v) is 9.95. The van der Waals surface area contributed by atoms with Crippen LogP contribution in [0.4, 0.5) is 0 Å². The van der Waals surface area contributed by atoms with E-state index >= 15 is 0 Å². The van der Waals surface area contributed by atoms with Crippen LogP contribution in [0, 0.1) is 0 Å². The zero-order valence-electron chi connectivity index (χ0n) is 38.8. The highest BCUT2D eigenvalue weighted by molar-refractivity contribution is 5.87. The van der Waals surface area contributed by atoms with Crippen LogP contribution in [0.1, 0.15) is 77.0 Å². The molecule has 0 aliphatic carbocycles. The number of ether oxygens (including phenoxy) is 9. The Morgan fingerprint density at radius 1 is 0.364 bits per heavy atom. The van der Waals surface area contributed by atoms with E-state index in [1.807, 2.05) is 0 Å². The lowest BCUT2D eigenvalue weighted by molar-refractivity contribution is -0.141. The van der Waals surface area contributed by atoms with Crippen LogP contribution in [0.25, 0.3) is 0 Å². The topological polar surface area (TPSA) is 222 Å². The second-order valence-electron chi connectivity index (χ2n) is 15.2. The van der Waals surface area contributed by atoms with Crippen LogP contribution in [-0.4, -0.2) is 151 Å². The first-order valence-corrected chi connectivity index (χ1v) is 22.7. The van der Waals surface area contributed by atoms with E-state index in [4.69, 9.17) is 42.6 Å². The van der Waals surface area contributed by atoms with Crippen molar-refractivity contribution in [3.63, 3.8) is 0 Å². The van der Waals surface area contributed by atoms with E-state index < -0.39 is 0 Å². The molecule has 6 unspecified atom stereocenters. The second-order valence-corrected chi connectivity index (χ2v) is 15.2. The van der Waals surface area contributed by atoms with Gasteiger partial charge in [0.25, 0.3) is 0 Å². The Balaban J connectivity index is 0.000000396. The van der Waals surface area contributed by atoms with E-state index in [1.165, 1.54) is 18.2 Å². The van der Waals surface area contributed by atoms with Crippen molar-refractivity contribution in [2.24, 2.45) is 0 Å². The van der Waals surface area contributed by atoms with Gasteiger partial charge in [0.1, 0.15) is 19.8 Å². The Labute approximate surface area is 390 Å². The van der Waals surface area contributed by atoms with Crippen LogP contribution in [0.5, 0.6) is 0 Å². The van der Waals surface area contributed by atoms with E-state index in [0.29, 0.717) is 39.5 Å². The summed E-state index contributed by atoms with van der Waals surface area (Å²) in [6.07, 6.45) is 20.9. The molecule has 6 aliphatic rings. The van der Waals surface area contributed by atoms with Crippen LogP contribution >= 0.6 is 0 Å². The van der Waals surface area contributed by atoms with E-state index in [0.717, 1.165) is 135 Å². The molecule has 6 fully saturated rings. The lowest BCUT2D eigenvalue weighted by Gasteiger charge is -2.08. The minimum atomic E-state index is -0.375. The number of amides is 3. The number of carbonyl (C=O) groups excluding carboxylic acids is 6. The molecule has 0 aromatic rings. The number of nitrogens with one attached hydrogen (secondary N) is 3. The maximum atomic E-state index is 10.7. The summed E-state index contributed by atoms with van der Waals surface area (Å²) >= 11 is 0. The van der Waals surface area contributed by atoms with Gasteiger partial charge in [0.2, 0.25) is 17.7 Å². The van der Waals surface area contributed by atoms with E-state index in [9.17, 15) is 28.8 Å². The van der Waals surface area contributed by atoms with Crippen LogP contribution < -0.4 is 16.0 Å². The summed E-state index contributed by atoms with van der Waals surface area (Å²) in [5.74, 6) is -1.50. The van der Waals surface area contributed by atoms with Gasteiger partial charge in [-0.05, 0) is 95.3 Å². The molecule has 66 heavy (non-hydrogen) atoms. The number of esters is 3. The summed E-state index contributed by atoms with van der Waals surface area (Å²) < 4.78 is 46.0. The summed E-state index contributed by atoms with van der Waals surface area (Å²) in [4.78, 5) is 63.8. The Hall–Kier alpha value is -4.98.